The highest BCUT2D eigenvalue weighted by atomic mass is 35.5. The van der Waals surface area contributed by atoms with Crippen LogP contribution in [0.15, 0.2) is 47.6 Å². The summed E-state index contributed by atoms with van der Waals surface area (Å²) in [5, 5.41) is 13.1. The zero-order valence-electron chi connectivity index (χ0n) is 15.7. The van der Waals surface area contributed by atoms with Gasteiger partial charge in [0.25, 0.3) is 0 Å². The van der Waals surface area contributed by atoms with E-state index in [2.05, 4.69) is 15.5 Å². The molecule has 0 radical (unpaired) electrons. The van der Waals surface area contributed by atoms with E-state index in [9.17, 15) is 4.79 Å². The highest BCUT2D eigenvalue weighted by Gasteiger charge is 2.16. The van der Waals surface area contributed by atoms with E-state index < -0.39 is 0 Å². The summed E-state index contributed by atoms with van der Waals surface area (Å²) < 4.78 is 1.91. The molecule has 0 bridgehead atoms. The molecular weight excluding hydrogens is 415 g/mol. The van der Waals surface area contributed by atoms with Crippen molar-refractivity contribution in [3.05, 3.63) is 63.6 Å². The summed E-state index contributed by atoms with van der Waals surface area (Å²) in [6.07, 6.45) is 0. The second kappa shape index (κ2) is 8.99. The molecule has 1 atom stereocenters. The maximum Gasteiger partial charge on any atom is 0.230 e. The molecule has 0 aliphatic heterocycles. The lowest BCUT2D eigenvalue weighted by atomic mass is 10.1. The first-order chi connectivity index (χ1) is 13.4. The van der Waals surface area contributed by atoms with Gasteiger partial charge in [0, 0.05) is 12.6 Å². The predicted octanol–water partition coefficient (Wildman–Crippen LogP) is 5.07. The summed E-state index contributed by atoms with van der Waals surface area (Å²) in [6, 6.07) is 13.2. The Kier molecular flexibility index (Phi) is 6.65. The van der Waals surface area contributed by atoms with Crippen molar-refractivity contribution in [2.45, 2.75) is 25.0 Å². The summed E-state index contributed by atoms with van der Waals surface area (Å²) in [7, 11) is 1.90. The zero-order chi connectivity index (χ0) is 20.3. The number of nitrogens with zero attached hydrogens (tertiary/aromatic N) is 3. The van der Waals surface area contributed by atoms with Gasteiger partial charge in [0.2, 0.25) is 5.91 Å². The fraction of sp³-hybridized carbons (Fsp3) is 0.250. The van der Waals surface area contributed by atoms with Crippen molar-refractivity contribution >= 4 is 40.9 Å². The number of hydrogen-bond donors (Lipinski definition) is 1. The maximum absolute atomic E-state index is 12.3. The monoisotopic (exact) mass is 434 g/mol. The van der Waals surface area contributed by atoms with Gasteiger partial charge in [0.1, 0.15) is 0 Å². The van der Waals surface area contributed by atoms with Gasteiger partial charge in [0.15, 0.2) is 11.0 Å². The number of carbonyl (C=O) groups excluding carboxylic acids is 1. The molecule has 0 aliphatic rings. The van der Waals surface area contributed by atoms with Crippen molar-refractivity contribution in [1.82, 2.24) is 20.1 Å². The Morgan fingerprint density at radius 3 is 2.64 bits per heavy atom. The van der Waals surface area contributed by atoms with E-state index in [1.807, 2.05) is 55.8 Å². The van der Waals surface area contributed by atoms with Crippen molar-refractivity contribution in [3.63, 3.8) is 0 Å². The number of aryl methyl sites for hydroxylation is 1. The third-order valence-electron chi connectivity index (χ3n) is 4.37. The van der Waals surface area contributed by atoms with Crippen molar-refractivity contribution in [3.8, 4) is 11.4 Å². The smallest absolute Gasteiger partial charge is 0.230 e. The van der Waals surface area contributed by atoms with Crippen molar-refractivity contribution in [2.24, 2.45) is 7.05 Å². The highest BCUT2D eigenvalue weighted by molar-refractivity contribution is 7.99. The lowest BCUT2D eigenvalue weighted by Crippen LogP contribution is -2.28. The Bertz CT molecular complexity index is 1010. The number of rotatable bonds is 6. The van der Waals surface area contributed by atoms with Crippen LogP contribution in [-0.4, -0.2) is 26.4 Å². The topological polar surface area (TPSA) is 59.8 Å². The van der Waals surface area contributed by atoms with E-state index in [4.69, 9.17) is 23.2 Å². The molecular formula is C20H20Cl2N4OS. The minimum Gasteiger partial charge on any atom is -0.349 e. The molecule has 3 rings (SSSR count). The Hall–Kier alpha value is -2.02. The van der Waals surface area contributed by atoms with Crippen molar-refractivity contribution in [2.75, 3.05) is 5.75 Å². The SMILES string of the molecule is Cc1ccccc1-c1nnc(SCC(=O)NC(C)c2ccc(Cl)c(Cl)c2)n1C. The van der Waals surface area contributed by atoms with Crippen LogP contribution in [0.2, 0.25) is 10.0 Å². The average Bonchev–Trinajstić information content (AvgIpc) is 3.03. The lowest BCUT2D eigenvalue weighted by molar-refractivity contribution is -0.119. The van der Waals surface area contributed by atoms with Gasteiger partial charge in [-0.05, 0) is 37.1 Å². The first-order valence-corrected chi connectivity index (χ1v) is 10.4. The number of thioether (sulfide) groups is 1. The van der Waals surface area contributed by atoms with Gasteiger partial charge >= 0.3 is 0 Å². The molecule has 0 fully saturated rings. The maximum atomic E-state index is 12.3. The van der Waals surface area contributed by atoms with E-state index in [0.29, 0.717) is 15.2 Å². The van der Waals surface area contributed by atoms with Crippen LogP contribution in [0.25, 0.3) is 11.4 Å². The van der Waals surface area contributed by atoms with Gasteiger partial charge in [-0.2, -0.15) is 0 Å². The van der Waals surface area contributed by atoms with E-state index in [0.717, 1.165) is 22.5 Å². The summed E-state index contributed by atoms with van der Waals surface area (Å²) >= 11 is 13.3. The molecule has 5 nitrogen and oxygen atoms in total. The molecule has 1 aromatic heterocycles. The van der Waals surface area contributed by atoms with E-state index in [1.165, 1.54) is 11.8 Å². The Morgan fingerprint density at radius 2 is 1.93 bits per heavy atom. The molecule has 0 saturated heterocycles. The van der Waals surface area contributed by atoms with Gasteiger partial charge in [-0.1, -0.05) is 65.3 Å². The second-order valence-electron chi connectivity index (χ2n) is 6.43. The third kappa shape index (κ3) is 4.69. The number of nitrogens with one attached hydrogen (secondary N) is 1. The minimum atomic E-state index is -0.176. The minimum absolute atomic E-state index is 0.0935. The fourth-order valence-corrected chi connectivity index (χ4v) is 3.81. The lowest BCUT2D eigenvalue weighted by Gasteiger charge is -2.15. The molecule has 8 heteroatoms. The van der Waals surface area contributed by atoms with Crippen LogP contribution in [0.4, 0.5) is 0 Å². The van der Waals surface area contributed by atoms with Crippen molar-refractivity contribution in [1.29, 1.82) is 0 Å². The van der Waals surface area contributed by atoms with Gasteiger partial charge in [-0.25, -0.2) is 0 Å². The molecule has 0 aliphatic carbocycles. The number of halogens is 2. The van der Waals surface area contributed by atoms with Crippen LogP contribution in [0.1, 0.15) is 24.1 Å². The Labute approximate surface area is 178 Å². The van der Waals surface area contributed by atoms with Crippen LogP contribution < -0.4 is 5.32 Å². The van der Waals surface area contributed by atoms with Crippen LogP contribution in [0.5, 0.6) is 0 Å². The normalized spacial score (nSPS) is 12.0. The number of carbonyl (C=O) groups is 1. The number of hydrogen-bond acceptors (Lipinski definition) is 4. The van der Waals surface area contributed by atoms with Crippen LogP contribution in [0.3, 0.4) is 0 Å². The molecule has 1 unspecified atom stereocenters. The third-order valence-corrected chi connectivity index (χ3v) is 6.13. The average molecular weight is 435 g/mol. The van der Waals surface area contributed by atoms with Gasteiger partial charge in [-0.3, -0.25) is 4.79 Å². The van der Waals surface area contributed by atoms with E-state index in [1.54, 1.807) is 12.1 Å². The predicted molar refractivity (Wildman–Crippen MR) is 115 cm³/mol. The van der Waals surface area contributed by atoms with Crippen LogP contribution in [0, 0.1) is 6.92 Å². The van der Waals surface area contributed by atoms with E-state index >= 15 is 0 Å². The molecule has 1 heterocycles. The Morgan fingerprint density at radius 1 is 1.18 bits per heavy atom. The van der Waals surface area contributed by atoms with Gasteiger partial charge in [-0.15, -0.1) is 10.2 Å². The molecule has 1 amide bonds. The summed E-state index contributed by atoms with van der Waals surface area (Å²) in [4.78, 5) is 12.3. The first kappa shape index (κ1) is 20.7. The van der Waals surface area contributed by atoms with Crippen LogP contribution in [-0.2, 0) is 11.8 Å². The zero-order valence-corrected chi connectivity index (χ0v) is 18.1. The molecule has 3 aromatic rings. The Balaban J connectivity index is 1.62. The van der Waals surface area contributed by atoms with Gasteiger partial charge in [0.05, 0.1) is 21.8 Å². The second-order valence-corrected chi connectivity index (χ2v) is 8.19. The highest BCUT2D eigenvalue weighted by Crippen LogP contribution is 2.27. The largest absolute Gasteiger partial charge is 0.349 e. The molecule has 146 valence electrons. The van der Waals surface area contributed by atoms with Gasteiger partial charge < -0.3 is 9.88 Å². The number of benzene rings is 2. The summed E-state index contributed by atoms with van der Waals surface area (Å²) in [5.41, 5.74) is 3.05. The quantitative estimate of drug-likeness (QED) is 0.550. The van der Waals surface area contributed by atoms with Crippen LogP contribution >= 0.6 is 35.0 Å². The molecule has 28 heavy (non-hydrogen) atoms. The van der Waals surface area contributed by atoms with Crippen molar-refractivity contribution < 1.29 is 4.79 Å². The number of amides is 1. The first-order valence-electron chi connectivity index (χ1n) is 8.69. The standard InChI is InChI=1S/C20H20Cl2N4OS/c1-12-6-4-5-7-15(12)19-24-25-20(26(19)3)28-11-18(27)23-13(2)14-8-9-16(21)17(22)10-14/h4-10,13H,11H2,1-3H3,(H,23,27). The number of aromatic nitrogens is 3. The molecule has 0 spiro atoms. The fourth-order valence-electron chi connectivity index (χ4n) is 2.78. The van der Waals surface area contributed by atoms with E-state index in [-0.39, 0.29) is 17.7 Å². The molecule has 2 aromatic carbocycles. The summed E-state index contributed by atoms with van der Waals surface area (Å²) in [5.74, 6) is 0.931. The summed E-state index contributed by atoms with van der Waals surface area (Å²) in [6.45, 7) is 3.94. The molecule has 1 N–H and O–H groups in total. The molecule has 0 saturated carbocycles.